The number of carbonyl (C=O) groups excluding carboxylic acids is 1. The molecule has 1 heterocycles. The fraction of sp³-hybridized carbons (Fsp3) is 0.0833. The van der Waals surface area contributed by atoms with E-state index in [-0.39, 0.29) is 21.3 Å². The number of rotatable bonds is 2. The molecule has 20 heavy (non-hydrogen) atoms. The molecule has 0 aliphatic heterocycles. The normalized spacial score (nSPS) is 10.6. The van der Waals surface area contributed by atoms with E-state index in [4.69, 9.17) is 23.2 Å². The minimum absolute atomic E-state index is 0.0332. The summed E-state index contributed by atoms with van der Waals surface area (Å²) in [4.78, 5) is 37.8. The van der Waals surface area contributed by atoms with E-state index in [0.717, 1.165) is 10.8 Å². The lowest BCUT2D eigenvalue weighted by molar-refractivity contribution is 0.101. The van der Waals surface area contributed by atoms with E-state index in [1.165, 1.54) is 19.1 Å². The molecule has 0 fully saturated rings. The molecular formula is C12H7BrCl2N2O3. The lowest BCUT2D eigenvalue weighted by Crippen LogP contribution is -2.36. The van der Waals surface area contributed by atoms with Gasteiger partial charge in [-0.1, -0.05) is 39.1 Å². The molecule has 0 bridgehead atoms. The predicted molar refractivity (Wildman–Crippen MR) is 80.4 cm³/mol. The summed E-state index contributed by atoms with van der Waals surface area (Å²) in [5.41, 5.74) is -1.62. The van der Waals surface area contributed by atoms with Gasteiger partial charge in [-0.2, -0.15) is 0 Å². The summed E-state index contributed by atoms with van der Waals surface area (Å²) in [5, 5.41) is 0.218. The van der Waals surface area contributed by atoms with Crippen LogP contribution in [-0.2, 0) is 0 Å². The van der Waals surface area contributed by atoms with Crippen LogP contribution in [0.25, 0.3) is 5.69 Å². The standard InChI is InChI=1S/C12H7BrCl2N2O3/c1-5(18)7-4-16-12(20)17(11(7)19)10-8(14)2-6(13)3-9(10)15/h2-4H,1H3,(H,16,20). The van der Waals surface area contributed by atoms with E-state index >= 15 is 0 Å². The molecule has 0 aliphatic carbocycles. The second-order valence-corrected chi connectivity index (χ2v) is 5.65. The number of aromatic amines is 1. The first-order valence-corrected chi connectivity index (χ1v) is 6.88. The van der Waals surface area contributed by atoms with E-state index in [2.05, 4.69) is 20.9 Å². The predicted octanol–water partition coefficient (Wildman–Crippen LogP) is 2.80. The molecule has 5 nitrogen and oxygen atoms in total. The molecule has 0 saturated heterocycles. The summed E-state index contributed by atoms with van der Waals surface area (Å²) in [6.07, 6.45) is 1.07. The molecule has 0 saturated carbocycles. The second kappa shape index (κ2) is 5.55. The van der Waals surface area contributed by atoms with Gasteiger partial charge in [-0.3, -0.25) is 9.59 Å². The van der Waals surface area contributed by atoms with Crippen molar-refractivity contribution >= 4 is 44.9 Å². The lowest BCUT2D eigenvalue weighted by atomic mass is 10.2. The zero-order chi connectivity index (χ0) is 15.0. The summed E-state index contributed by atoms with van der Waals surface area (Å²) in [7, 11) is 0. The summed E-state index contributed by atoms with van der Waals surface area (Å²) in [5.74, 6) is -0.468. The average Bonchev–Trinajstić information content (AvgIpc) is 2.31. The number of nitrogens with one attached hydrogen (secondary N) is 1. The molecule has 104 valence electrons. The zero-order valence-corrected chi connectivity index (χ0v) is 13.1. The Balaban J connectivity index is 2.91. The van der Waals surface area contributed by atoms with Crippen LogP contribution in [0.15, 0.2) is 32.4 Å². The fourth-order valence-electron chi connectivity index (χ4n) is 1.68. The molecule has 0 aliphatic rings. The highest BCUT2D eigenvalue weighted by Crippen LogP contribution is 2.30. The zero-order valence-electron chi connectivity index (χ0n) is 10.0. The maximum Gasteiger partial charge on any atom is 0.333 e. The van der Waals surface area contributed by atoms with Crippen molar-refractivity contribution in [2.45, 2.75) is 6.92 Å². The lowest BCUT2D eigenvalue weighted by Gasteiger charge is -2.10. The quantitative estimate of drug-likeness (QED) is 0.818. The van der Waals surface area contributed by atoms with E-state index in [9.17, 15) is 14.4 Å². The second-order valence-electron chi connectivity index (χ2n) is 3.92. The van der Waals surface area contributed by atoms with Gasteiger partial charge >= 0.3 is 5.69 Å². The smallest absolute Gasteiger partial charge is 0.313 e. The molecular weight excluding hydrogens is 371 g/mol. The van der Waals surface area contributed by atoms with Crippen LogP contribution < -0.4 is 11.2 Å². The number of H-pyrrole nitrogens is 1. The third-order valence-corrected chi connectivity index (χ3v) is 3.60. The van der Waals surface area contributed by atoms with Gasteiger partial charge in [-0.25, -0.2) is 9.36 Å². The number of ketones is 1. The molecule has 0 amide bonds. The first-order chi connectivity index (χ1) is 9.32. The maximum atomic E-state index is 12.2. The van der Waals surface area contributed by atoms with Gasteiger partial charge in [0.05, 0.1) is 21.3 Å². The molecule has 8 heteroatoms. The number of hydrogen-bond donors (Lipinski definition) is 1. The van der Waals surface area contributed by atoms with Crippen molar-refractivity contribution in [2.24, 2.45) is 0 Å². The Morgan fingerprint density at radius 2 is 1.80 bits per heavy atom. The van der Waals surface area contributed by atoms with E-state index in [0.29, 0.717) is 4.47 Å². The average molecular weight is 378 g/mol. The first kappa shape index (κ1) is 15.0. The van der Waals surface area contributed by atoms with Crippen LogP contribution >= 0.6 is 39.1 Å². The van der Waals surface area contributed by atoms with Crippen LogP contribution in [0.2, 0.25) is 10.0 Å². The number of carbonyl (C=O) groups is 1. The van der Waals surface area contributed by atoms with Gasteiger partial charge in [0.15, 0.2) is 5.78 Å². The Hall–Kier alpha value is -1.37. The number of benzene rings is 1. The topological polar surface area (TPSA) is 71.9 Å². The molecule has 1 aromatic carbocycles. The van der Waals surface area contributed by atoms with Crippen molar-refractivity contribution in [1.82, 2.24) is 9.55 Å². The van der Waals surface area contributed by atoms with Crippen LogP contribution in [0.1, 0.15) is 17.3 Å². The van der Waals surface area contributed by atoms with E-state index in [1.807, 2.05) is 0 Å². The van der Waals surface area contributed by atoms with Crippen molar-refractivity contribution in [3.63, 3.8) is 0 Å². The van der Waals surface area contributed by atoms with Crippen LogP contribution in [0.4, 0.5) is 0 Å². The maximum absolute atomic E-state index is 12.2. The van der Waals surface area contributed by atoms with Crippen LogP contribution in [0.5, 0.6) is 0 Å². The molecule has 2 aromatic rings. The molecule has 1 N–H and O–H groups in total. The highest BCUT2D eigenvalue weighted by atomic mass is 79.9. The van der Waals surface area contributed by atoms with Crippen LogP contribution in [0.3, 0.4) is 0 Å². The number of halogens is 3. The third kappa shape index (κ3) is 2.59. The van der Waals surface area contributed by atoms with Crippen molar-refractivity contribution in [3.8, 4) is 5.69 Å². The highest BCUT2D eigenvalue weighted by molar-refractivity contribution is 9.10. The van der Waals surface area contributed by atoms with Crippen molar-refractivity contribution in [1.29, 1.82) is 0 Å². The van der Waals surface area contributed by atoms with Crippen LogP contribution in [0, 0.1) is 0 Å². The van der Waals surface area contributed by atoms with E-state index in [1.54, 1.807) is 0 Å². The first-order valence-electron chi connectivity index (χ1n) is 5.33. The Morgan fingerprint density at radius 1 is 1.25 bits per heavy atom. The number of Topliss-reactive ketones (excluding diaryl/α,β-unsaturated/α-hetero) is 1. The molecule has 0 spiro atoms. The number of nitrogens with zero attached hydrogens (tertiary/aromatic N) is 1. The fourth-order valence-corrected chi connectivity index (χ4v) is 3.05. The van der Waals surface area contributed by atoms with Gasteiger partial charge in [-0.05, 0) is 19.1 Å². The summed E-state index contributed by atoms with van der Waals surface area (Å²) >= 11 is 15.3. The Bertz CT molecular complexity index is 803. The van der Waals surface area contributed by atoms with Crippen molar-refractivity contribution in [2.75, 3.05) is 0 Å². The monoisotopic (exact) mass is 376 g/mol. The third-order valence-electron chi connectivity index (χ3n) is 2.56. The summed E-state index contributed by atoms with van der Waals surface area (Å²) in [6, 6.07) is 2.99. The molecule has 0 unspecified atom stereocenters. The molecule has 2 rings (SSSR count). The Kier molecular flexibility index (Phi) is 4.17. The van der Waals surface area contributed by atoms with Gasteiger partial charge in [0.2, 0.25) is 0 Å². The number of hydrogen-bond acceptors (Lipinski definition) is 3. The molecule has 1 aromatic heterocycles. The van der Waals surface area contributed by atoms with Gasteiger partial charge in [0.1, 0.15) is 0 Å². The SMILES string of the molecule is CC(=O)c1c[nH]c(=O)n(-c2c(Cl)cc(Br)cc2Cl)c1=O. The van der Waals surface area contributed by atoms with Crippen molar-refractivity contribution in [3.05, 3.63) is 59.2 Å². The molecule has 0 atom stereocenters. The van der Waals surface area contributed by atoms with E-state index < -0.39 is 17.0 Å². The number of aromatic nitrogens is 2. The van der Waals surface area contributed by atoms with Crippen molar-refractivity contribution < 1.29 is 4.79 Å². The van der Waals surface area contributed by atoms with Gasteiger partial charge in [-0.15, -0.1) is 0 Å². The summed E-state index contributed by atoms with van der Waals surface area (Å²) < 4.78 is 1.34. The van der Waals surface area contributed by atoms with Gasteiger partial charge in [0.25, 0.3) is 5.56 Å². The summed E-state index contributed by atoms with van der Waals surface area (Å²) in [6.45, 7) is 1.23. The molecule has 0 radical (unpaired) electrons. The van der Waals surface area contributed by atoms with Crippen LogP contribution in [-0.4, -0.2) is 15.3 Å². The Morgan fingerprint density at radius 3 is 2.30 bits per heavy atom. The minimum Gasteiger partial charge on any atom is -0.313 e. The van der Waals surface area contributed by atoms with Gasteiger partial charge < -0.3 is 4.98 Å². The Labute approximate surface area is 131 Å². The highest BCUT2D eigenvalue weighted by Gasteiger charge is 2.17. The largest absolute Gasteiger partial charge is 0.333 e. The van der Waals surface area contributed by atoms with Gasteiger partial charge in [0, 0.05) is 10.7 Å². The minimum atomic E-state index is -0.771.